The summed E-state index contributed by atoms with van der Waals surface area (Å²) in [6.07, 6.45) is 1.23. The van der Waals surface area contributed by atoms with E-state index in [1.54, 1.807) is 12.1 Å². The van der Waals surface area contributed by atoms with Crippen molar-refractivity contribution in [3.05, 3.63) is 57.8 Å². The van der Waals surface area contributed by atoms with Crippen molar-refractivity contribution in [2.75, 3.05) is 5.32 Å². The summed E-state index contributed by atoms with van der Waals surface area (Å²) in [6.45, 7) is 0. The van der Waals surface area contributed by atoms with Crippen LogP contribution < -0.4 is 5.32 Å². The van der Waals surface area contributed by atoms with Crippen molar-refractivity contribution in [1.29, 1.82) is 0 Å². The van der Waals surface area contributed by atoms with Crippen LogP contribution >= 0.6 is 23.2 Å². The van der Waals surface area contributed by atoms with E-state index in [1.807, 2.05) is 0 Å². The van der Waals surface area contributed by atoms with E-state index in [-0.39, 0.29) is 27.0 Å². The number of carbonyl (C=O) groups is 2. The maximum Gasteiger partial charge on any atom is 0.337 e. The van der Waals surface area contributed by atoms with Crippen LogP contribution in [-0.4, -0.2) is 22.0 Å². The Morgan fingerprint density at radius 1 is 1.15 bits per heavy atom. The number of carboxylic acid groups (broad SMARTS) is 1. The van der Waals surface area contributed by atoms with Crippen molar-refractivity contribution in [3.63, 3.8) is 0 Å². The number of hydrogen-bond acceptors (Lipinski definition) is 3. The molecule has 0 aliphatic carbocycles. The third-order valence-corrected chi connectivity index (χ3v) is 2.99. The van der Waals surface area contributed by atoms with Crippen molar-refractivity contribution in [1.82, 2.24) is 4.98 Å². The zero-order valence-electron chi connectivity index (χ0n) is 9.93. The van der Waals surface area contributed by atoms with Crippen LogP contribution in [0.15, 0.2) is 36.5 Å². The number of benzene rings is 1. The second-order valence-electron chi connectivity index (χ2n) is 3.79. The quantitative estimate of drug-likeness (QED) is 0.852. The Bertz CT molecular complexity index is 689. The van der Waals surface area contributed by atoms with Crippen LogP contribution in [-0.2, 0) is 0 Å². The lowest BCUT2D eigenvalue weighted by atomic mass is 10.1. The first-order valence-electron chi connectivity index (χ1n) is 5.44. The second-order valence-corrected chi connectivity index (χ2v) is 4.59. The van der Waals surface area contributed by atoms with Crippen LogP contribution in [0.1, 0.15) is 20.7 Å². The standard InChI is InChI=1S/C13H8Cl2N2O3/c14-9-5-11(15)16-6-8(9)12(18)17-10-4-2-1-3-7(10)13(19)20/h1-6H,(H,17,18)(H,19,20). The number of carboxylic acids is 1. The van der Waals surface area contributed by atoms with Crippen molar-refractivity contribution in [2.45, 2.75) is 0 Å². The van der Waals surface area contributed by atoms with E-state index < -0.39 is 11.9 Å². The molecule has 0 aliphatic rings. The summed E-state index contributed by atoms with van der Waals surface area (Å²) >= 11 is 11.5. The van der Waals surface area contributed by atoms with Crippen LogP contribution in [0.3, 0.4) is 0 Å². The first kappa shape index (κ1) is 14.3. The monoisotopic (exact) mass is 310 g/mol. The van der Waals surface area contributed by atoms with Crippen LogP contribution in [0, 0.1) is 0 Å². The third-order valence-electron chi connectivity index (χ3n) is 2.47. The van der Waals surface area contributed by atoms with E-state index in [1.165, 1.54) is 24.4 Å². The average Bonchev–Trinajstić information content (AvgIpc) is 2.38. The largest absolute Gasteiger partial charge is 0.478 e. The number of hydrogen-bond donors (Lipinski definition) is 2. The molecule has 0 unspecified atom stereocenters. The van der Waals surface area contributed by atoms with Gasteiger partial charge in [-0.2, -0.15) is 0 Å². The fraction of sp³-hybridized carbons (Fsp3) is 0. The highest BCUT2D eigenvalue weighted by Crippen LogP contribution is 2.21. The molecule has 0 radical (unpaired) electrons. The predicted octanol–water partition coefficient (Wildman–Crippen LogP) is 3.34. The molecule has 5 nitrogen and oxygen atoms in total. The second kappa shape index (κ2) is 5.90. The van der Waals surface area contributed by atoms with Gasteiger partial charge < -0.3 is 10.4 Å². The van der Waals surface area contributed by atoms with Crippen molar-refractivity contribution in [2.24, 2.45) is 0 Å². The third kappa shape index (κ3) is 3.07. The molecule has 2 aromatic rings. The zero-order valence-corrected chi connectivity index (χ0v) is 11.4. The van der Waals surface area contributed by atoms with Gasteiger partial charge in [-0.15, -0.1) is 0 Å². The highest BCUT2D eigenvalue weighted by molar-refractivity contribution is 6.36. The number of anilines is 1. The summed E-state index contributed by atoms with van der Waals surface area (Å²) in [5.74, 6) is -1.70. The number of pyridine rings is 1. The van der Waals surface area contributed by atoms with Gasteiger partial charge in [0.15, 0.2) is 0 Å². The van der Waals surface area contributed by atoms with E-state index in [0.717, 1.165) is 0 Å². The minimum atomic E-state index is -1.14. The van der Waals surface area contributed by atoms with E-state index in [0.29, 0.717) is 0 Å². The molecule has 2 N–H and O–H groups in total. The molecule has 20 heavy (non-hydrogen) atoms. The number of carbonyl (C=O) groups excluding carboxylic acids is 1. The number of amides is 1. The van der Waals surface area contributed by atoms with Gasteiger partial charge in [0.25, 0.3) is 5.91 Å². The molecule has 0 spiro atoms. The molecule has 0 saturated heterocycles. The van der Waals surface area contributed by atoms with Crippen LogP contribution in [0.5, 0.6) is 0 Å². The van der Waals surface area contributed by atoms with Gasteiger partial charge in [0.2, 0.25) is 0 Å². The van der Waals surface area contributed by atoms with Gasteiger partial charge in [-0.05, 0) is 18.2 Å². The molecule has 0 aliphatic heterocycles. The highest BCUT2D eigenvalue weighted by atomic mass is 35.5. The summed E-state index contributed by atoms with van der Waals surface area (Å²) in [7, 11) is 0. The summed E-state index contributed by atoms with van der Waals surface area (Å²) in [5.41, 5.74) is 0.270. The minimum absolute atomic E-state index is 0.0149. The van der Waals surface area contributed by atoms with Gasteiger partial charge in [0.1, 0.15) is 5.15 Å². The first-order chi connectivity index (χ1) is 9.49. The van der Waals surface area contributed by atoms with Gasteiger partial charge in [0.05, 0.1) is 21.8 Å². The molecule has 2 rings (SSSR count). The number of para-hydroxylation sites is 1. The lowest BCUT2D eigenvalue weighted by Crippen LogP contribution is -2.15. The number of rotatable bonds is 3. The Morgan fingerprint density at radius 2 is 1.85 bits per heavy atom. The maximum atomic E-state index is 12.0. The molecular weight excluding hydrogens is 303 g/mol. The first-order valence-corrected chi connectivity index (χ1v) is 6.19. The Labute approximate surface area is 124 Å². The summed E-state index contributed by atoms with van der Waals surface area (Å²) < 4.78 is 0. The number of aromatic nitrogens is 1. The van der Waals surface area contributed by atoms with E-state index >= 15 is 0 Å². The number of nitrogens with one attached hydrogen (secondary N) is 1. The molecule has 0 fully saturated rings. The van der Waals surface area contributed by atoms with Crippen molar-refractivity contribution < 1.29 is 14.7 Å². The lowest BCUT2D eigenvalue weighted by molar-refractivity contribution is 0.0698. The van der Waals surface area contributed by atoms with E-state index in [9.17, 15) is 9.59 Å². The number of aromatic carboxylic acids is 1. The molecule has 0 atom stereocenters. The smallest absolute Gasteiger partial charge is 0.337 e. The number of halogens is 2. The highest BCUT2D eigenvalue weighted by Gasteiger charge is 2.15. The molecule has 102 valence electrons. The summed E-state index contributed by atoms with van der Waals surface area (Å²) in [4.78, 5) is 26.9. The van der Waals surface area contributed by atoms with Crippen molar-refractivity contribution >= 4 is 40.8 Å². The minimum Gasteiger partial charge on any atom is -0.478 e. The average molecular weight is 311 g/mol. The van der Waals surface area contributed by atoms with E-state index in [4.69, 9.17) is 28.3 Å². The Balaban J connectivity index is 2.30. The van der Waals surface area contributed by atoms with Gasteiger partial charge in [-0.25, -0.2) is 9.78 Å². The van der Waals surface area contributed by atoms with Gasteiger partial charge in [-0.1, -0.05) is 35.3 Å². The lowest BCUT2D eigenvalue weighted by Gasteiger charge is -2.09. The Kier molecular flexibility index (Phi) is 4.22. The predicted molar refractivity (Wildman–Crippen MR) is 75.6 cm³/mol. The Hall–Kier alpha value is -2.11. The fourth-order valence-electron chi connectivity index (χ4n) is 1.54. The summed E-state index contributed by atoms with van der Waals surface area (Å²) in [5, 5.41) is 11.8. The molecule has 1 heterocycles. The van der Waals surface area contributed by atoms with Gasteiger partial charge in [-0.3, -0.25) is 4.79 Å². The van der Waals surface area contributed by atoms with Crippen LogP contribution in [0.2, 0.25) is 10.2 Å². The van der Waals surface area contributed by atoms with Crippen molar-refractivity contribution in [3.8, 4) is 0 Å². The topological polar surface area (TPSA) is 79.3 Å². The molecule has 1 amide bonds. The molecule has 7 heteroatoms. The zero-order chi connectivity index (χ0) is 14.7. The normalized spacial score (nSPS) is 10.1. The molecule has 0 saturated carbocycles. The molecular formula is C13H8Cl2N2O3. The van der Waals surface area contributed by atoms with Crippen LogP contribution in [0.25, 0.3) is 0 Å². The Morgan fingerprint density at radius 3 is 2.50 bits per heavy atom. The molecule has 1 aromatic carbocycles. The SMILES string of the molecule is O=C(Nc1ccccc1C(=O)O)c1cnc(Cl)cc1Cl. The fourth-order valence-corrected chi connectivity index (χ4v) is 1.99. The molecule has 1 aromatic heterocycles. The van der Waals surface area contributed by atoms with Crippen LogP contribution in [0.4, 0.5) is 5.69 Å². The van der Waals surface area contributed by atoms with Gasteiger partial charge in [0, 0.05) is 6.20 Å². The number of nitrogens with zero attached hydrogens (tertiary/aromatic N) is 1. The van der Waals surface area contributed by atoms with E-state index in [2.05, 4.69) is 10.3 Å². The summed E-state index contributed by atoms with van der Waals surface area (Å²) in [6, 6.07) is 7.39. The molecule has 0 bridgehead atoms. The maximum absolute atomic E-state index is 12.0. The van der Waals surface area contributed by atoms with Gasteiger partial charge >= 0.3 is 5.97 Å².